The van der Waals surface area contributed by atoms with Crippen molar-refractivity contribution in [1.29, 1.82) is 0 Å². The minimum absolute atomic E-state index is 0.0189. The highest BCUT2D eigenvalue weighted by molar-refractivity contribution is 6.30. The van der Waals surface area contributed by atoms with Gasteiger partial charge < -0.3 is 15.0 Å². The van der Waals surface area contributed by atoms with Crippen molar-refractivity contribution in [3.05, 3.63) is 52.6 Å². The Morgan fingerprint density at radius 1 is 1.25 bits per heavy atom. The van der Waals surface area contributed by atoms with Crippen LogP contribution in [0, 0.1) is 0 Å². The summed E-state index contributed by atoms with van der Waals surface area (Å²) in [7, 11) is 0. The summed E-state index contributed by atoms with van der Waals surface area (Å²) < 4.78 is 1.43. The molecule has 2 heterocycles. The molecule has 0 saturated heterocycles. The molecule has 2 N–H and O–H groups in total. The Bertz CT molecular complexity index is 815. The minimum atomic E-state index is -1.32. The van der Waals surface area contributed by atoms with Gasteiger partial charge in [0.2, 0.25) is 0 Å². The largest absolute Gasteiger partial charge is 0.465 e. The second kappa shape index (κ2) is 6.32. The highest BCUT2D eigenvalue weighted by atomic mass is 35.5. The Morgan fingerprint density at radius 3 is 2.62 bits per heavy atom. The summed E-state index contributed by atoms with van der Waals surface area (Å²) >= 11 is 5.80. The van der Waals surface area contributed by atoms with Crippen molar-refractivity contribution >= 4 is 29.5 Å². The lowest BCUT2D eigenvalue weighted by atomic mass is 10.2. The molecule has 3 amide bonds. The second-order valence-corrected chi connectivity index (χ2v) is 5.60. The third-order valence-electron chi connectivity index (χ3n) is 3.67. The Labute approximate surface area is 141 Å². The lowest BCUT2D eigenvalue weighted by Crippen LogP contribution is -2.44. The van der Waals surface area contributed by atoms with E-state index in [1.807, 2.05) is 0 Å². The summed E-state index contributed by atoms with van der Waals surface area (Å²) in [4.78, 5) is 40.0. The highest BCUT2D eigenvalue weighted by Gasteiger charge is 2.32. The molecule has 1 aliphatic heterocycles. The van der Waals surface area contributed by atoms with E-state index in [1.165, 1.54) is 10.8 Å². The van der Waals surface area contributed by atoms with Crippen LogP contribution < -0.4 is 5.32 Å². The van der Waals surface area contributed by atoms with Gasteiger partial charge in [-0.15, -0.1) is 0 Å². The van der Waals surface area contributed by atoms with Crippen LogP contribution in [-0.4, -0.2) is 44.0 Å². The maximum Gasteiger partial charge on any atom is 0.414 e. The molecule has 9 heteroatoms. The highest BCUT2D eigenvalue weighted by Crippen LogP contribution is 2.15. The van der Waals surface area contributed by atoms with Gasteiger partial charge in [-0.1, -0.05) is 23.7 Å². The number of aromatic nitrogens is 2. The van der Waals surface area contributed by atoms with Crippen molar-refractivity contribution in [3.8, 4) is 0 Å². The molecule has 1 aromatic heterocycles. The number of imide groups is 1. The molecule has 0 saturated carbocycles. The van der Waals surface area contributed by atoms with Crippen molar-refractivity contribution in [2.45, 2.75) is 13.1 Å². The first kappa shape index (κ1) is 16.0. The van der Waals surface area contributed by atoms with Crippen LogP contribution in [0.4, 0.5) is 4.79 Å². The maximum absolute atomic E-state index is 12.3. The Morgan fingerprint density at radius 2 is 1.96 bits per heavy atom. The van der Waals surface area contributed by atoms with Gasteiger partial charge in [-0.2, -0.15) is 0 Å². The van der Waals surface area contributed by atoms with E-state index in [4.69, 9.17) is 16.7 Å². The van der Waals surface area contributed by atoms with E-state index in [-0.39, 0.29) is 31.2 Å². The monoisotopic (exact) mass is 348 g/mol. The first-order valence-corrected chi connectivity index (χ1v) is 7.48. The maximum atomic E-state index is 12.3. The number of hydrogen-bond donors (Lipinski definition) is 2. The zero-order valence-electron chi connectivity index (χ0n) is 12.4. The number of nitrogens with one attached hydrogen (secondary N) is 1. The number of rotatable bonds is 3. The van der Waals surface area contributed by atoms with Gasteiger partial charge in [-0.3, -0.25) is 9.59 Å². The number of halogens is 1. The summed E-state index contributed by atoms with van der Waals surface area (Å²) in [6.07, 6.45) is -0.101. The zero-order valence-corrected chi connectivity index (χ0v) is 13.2. The van der Waals surface area contributed by atoms with Gasteiger partial charge in [-0.05, 0) is 17.7 Å². The van der Waals surface area contributed by atoms with Gasteiger partial charge in [0.15, 0.2) is 5.82 Å². The third-order valence-corrected chi connectivity index (χ3v) is 3.92. The average Bonchev–Trinajstić information content (AvgIpc) is 2.99. The average molecular weight is 349 g/mol. The van der Waals surface area contributed by atoms with E-state index < -0.39 is 17.9 Å². The number of carbonyl (C=O) groups is 3. The van der Waals surface area contributed by atoms with Gasteiger partial charge in [-0.25, -0.2) is 14.7 Å². The fourth-order valence-electron chi connectivity index (χ4n) is 2.44. The van der Waals surface area contributed by atoms with Crippen LogP contribution in [0.15, 0.2) is 30.5 Å². The molecule has 1 aliphatic rings. The molecule has 0 atom stereocenters. The molecule has 2 aromatic rings. The van der Waals surface area contributed by atoms with E-state index >= 15 is 0 Å². The van der Waals surface area contributed by atoms with Gasteiger partial charge in [0, 0.05) is 18.1 Å². The predicted octanol–water partition coefficient (Wildman–Crippen LogP) is 1.60. The summed E-state index contributed by atoms with van der Waals surface area (Å²) in [5, 5.41) is 12.3. The predicted molar refractivity (Wildman–Crippen MR) is 83.9 cm³/mol. The van der Waals surface area contributed by atoms with E-state index in [0.29, 0.717) is 9.92 Å². The molecular weight excluding hydrogens is 336 g/mol. The van der Waals surface area contributed by atoms with Crippen molar-refractivity contribution in [2.75, 3.05) is 6.54 Å². The quantitative estimate of drug-likeness (QED) is 0.876. The van der Waals surface area contributed by atoms with Crippen LogP contribution in [0.25, 0.3) is 0 Å². The molecule has 3 rings (SSSR count). The lowest BCUT2D eigenvalue weighted by molar-refractivity contribution is 0.0692. The number of carbonyl (C=O) groups excluding carboxylic acids is 2. The number of nitrogens with zero attached hydrogens (tertiary/aromatic N) is 3. The van der Waals surface area contributed by atoms with Crippen molar-refractivity contribution < 1.29 is 19.5 Å². The van der Waals surface area contributed by atoms with E-state index in [9.17, 15) is 14.4 Å². The van der Waals surface area contributed by atoms with Gasteiger partial charge in [0.1, 0.15) is 5.69 Å². The number of fused-ring (bicyclic) bond motifs is 1. The fraction of sp³-hybridized carbons (Fsp3) is 0.200. The molecule has 8 nitrogen and oxygen atoms in total. The van der Waals surface area contributed by atoms with Crippen molar-refractivity contribution in [3.63, 3.8) is 0 Å². The normalized spacial score (nSPS) is 13.5. The molecule has 0 bridgehead atoms. The molecule has 0 spiro atoms. The number of imidazole rings is 1. The SMILES string of the molecule is O=C(NCc1ccc(Cl)cc1)c1ncc2n1CCN(C(=O)O)C2=O. The molecular formula is C15H13ClN4O4. The van der Waals surface area contributed by atoms with Gasteiger partial charge in [0.25, 0.3) is 11.8 Å². The number of carboxylic acid groups (broad SMARTS) is 1. The topological polar surface area (TPSA) is 105 Å². The van der Waals surface area contributed by atoms with E-state index in [1.54, 1.807) is 24.3 Å². The standard InChI is InChI=1S/C15H13ClN4O4/c16-10-3-1-9(2-4-10)7-18-13(21)12-17-8-11-14(22)20(15(23)24)6-5-19(11)12/h1-4,8H,5-7H2,(H,18,21)(H,23,24). The Kier molecular flexibility index (Phi) is 4.22. The van der Waals surface area contributed by atoms with Crippen LogP contribution in [-0.2, 0) is 13.1 Å². The molecule has 124 valence electrons. The summed E-state index contributed by atoms with van der Waals surface area (Å²) in [5.74, 6) is -1.04. The zero-order chi connectivity index (χ0) is 17.3. The van der Waals surface area contributed by atoms with E-state index in [0.717, 1.165) is 5.56 Å². The number of amides is 3. The molecule has 0 aliphatic carbocycles. The summed E-state index contributed by atoms with van der Waals surface area (Å²) in [6, 6.07) is 7.02. The molecule has 1 aromatic carbocycles. The number of hydrogen-bond acceptors (Lipinski definition) is 4. The first-order chi connectivity index (χ1) is 11.5. The molecule has 0 radical (unpaired) electrons. The summed E-state index contributed by atoms with van der Waals surface area (Å²) in [6.45, 7) is 0.458. The summed E-state index contributed by atoms with van der Waals surface area (Å²) in [5.41, 5.74) is 0.951. The van der Waals surface area contributed by atoms with E-state index in [2.05, 4.69) is 10.3 Å². The lowest BCUT2D eigenvalue weighted by Gasteiger charge is -2.24. The molecule has 0 unspecified atom stereocenters. The third kappa shape index (κ3) is 2.95. The smallest absolute Gasteiger partial charge is 0.414 e. The van der Waals surface area contributed by atoms with Crippen LogP contribution in [0.2, 0.25) is 5.02 Å². The van der Waals surface area contributed by atoms with Crippen LogP contribution in [0.3, 0.4) is 0 Å². The Balaban J connectivity index is 1.73. The molecule has 0 fully saturated rings. The van der Waals surface area contributed by atoms with Crippen molar-refractivity contribution in [2.24, 2.45) is 0 Å². The van der Waals surface area contributed by atoms with Gasteiger partial charge in [0.05, 0.1) is 12.7 Å². The van der Waals surface area contributed by atoms with Crippen LogP contribution >= 0.6 is 11.6 Å². The van der Waals surface area contributed by atoms with Crippen molar-refractivity contribution in [1.82, 2.24) is 19.8 Å². The fourth-order valence-corrected chi connectivity index (χ4v) is 2.57. The number of benzene rings is 1. The second-order valence-electron chi connectivity index (χ2n) is 5.17. The molecule has 24 heavy (non-hydrogen) atoms. The first-order valence-electron chi connectivity index (χ1n) is 7.10. The van der Waals surface area contributed by atoms with Gasteiger partial charge >= 0.3 is 6.09 Å². The van der Waals surface area contributed by atoms with Crippen LogP contribution in [0.5, 0.6) is 0 Å². The Hall–Kier alpha value is -2.87. The minimum Gasteiger partial charge on any atom is -0.465 e. The van der Waals surface area contributed by atoms with Crippen LogP contribution in [0.1, 0.15) is 26.7 Å².